The molecule has 0 fully saturated rings. The number of nitrogens with one attached hydrogen (secondary N) is 1. The van der Waals surface area contributed by atoms with Crippen LogP contribution in [0.3, 0.4) is 0 Å². The molecular formula is C20H22FN3O3S. The summed E-state index contributed by atoms with van der Waals surface area (Å²) < 4.78 is 45.0. The second-order valence-corrected chi connectivity index (χ2v) is 8.44. The smallest absolute Gasteiger partial charge is 0.242 e. The minimum atomic E-state index is -3.55. The number of ether oxygens (including phenoxy) is 1. The third kappa shape index (κ3) is 4.58. The molecule has 0 amide bonds. The Balaban J connectivity index is 1.58. The predicted molar refractivity (Wildman–Crippen MR) is 105 cm³/mol. The monoisotopic (exact) mass is 403 g/mol. The first-order chi connectivity index (χ1) is 13.4. The first-order valence-corrected chi connectivity index (χ1v) is 10.2. The molecule has 0 aliphatic carbocycles. The van der Waals surface area contributed by atoms with Gasteiger partial charge in [-0.2, -0.15) is 5.10 Å². The molecule has 0 aliphatic rings. The van der Waals surface area contributed by atoms with Crippen molar-refractivity contribution in [2.24, 2.45) is 0 Å². The molecule has 28 heavy (non-hydrogen) atoms. The van der Waals surface area contributed by atoms with E-state index in [2.05, 4.69) is 10.2 Å². The molecule has 3 rings (SSSR count). The normalized spacial score (nSPS) is 11.7. The standard InChI is InChI=1S/C20H22FN3O3S/c1-24(28(25,26)19-10-8-18(27-2)9-11-19)12-4-7-17-14-20(23-22-17)15-5-3-6-16(21)13-15/h3,5-6,8-11,13-14H,4,7,12H2,1-2H3,(H,22,23). The topological polar surface area (TPSA) is 75.3 Å². The van der Waals surface area contributed by atoms with Gasteiger partial charge in [0.05, 0.1) is 17.7 Å². The molecule has 1 aromatic heterocycles. The summed E-state index contributed by atoms with van der Waals surface area (Å²) in [6.45, 7) is 0.364. The summed E-state index contributed by atoms with van der Waals surface area (Å²) in [6.07, 6.45) is 1.25. The summed E-state index contributed by atoms with van der Waals surface area (Å²) in [7, 11) is -0.458. The SMILES string of the molecule is COc1ccc(S(=O)(=O)N(C)CCCc2cc(-c3cccc(F)c3)n[nH]2)cc1. The van der Waals surface area contributed by atoms with E-state index >= 15 is 0 Å². The van der Waals surface area contributed by atoms with Crippen LogP contribution in [0.25, 0.3) is 11.3 Å². The Bertz CT molecular complexity index is 1030. The Kier molecular flexibility index (Phi) is 6.11. The van der Waals surface area contributed by atoms with E-state index in [1.807, 2.05) is 6.07 Å². The average molecular weight is 403 g/mol. The lowest BCUT2D eigenvalue weighted by atomic mass is 10.1. The van der Waals surface area contributed by atoms with Crippen LogP contribution in [0.4, 0.5) is 4.39 Å². The van der Waals surface area contributed by atoms with Crippen molar-refractivity contribution in [2.75, 3.05) is 20.7 Å². The minimum Gasteiger partial charge on any atom is -0.497 e. The molecule has 0 saturated heterocycles. The highest BCUT2D eigenvalue weighted by molar-refractivity contribution is 7.89. The maximum atomic E-state index is 13.3. The molecular weight excluding hydrogens is 381 g/mol. The van der Waals surface area contributed by atoms with Gasteiger partial charge in [0.1, 0.15) is 11.6 Å². The van der Waals surface area contributed by atoms with E-state index in [0.717, 1.165) is 5.69 Å². The molecule has 0 atom stereocenters. The Morgan fingerprint density at radius 3 is 2.57 bits per heavy atom. The molecule has 0 aliphatic heterocycles. The maximum absolute atomic E-state index is 13.3. The second kappa shape index (κ2) is 8.53. The molecule has 0 radical (unpaired) electrons. The zero-order valence-electron chi connectivity index (χ0n) is 15.7. The lowest BCUT2D eigenvalue weighted by Gasteiger charge is -2.17. The van der Waals surface area contributed by atoms with Crippen LogP contribution in [0.1, 0.15) is 12.1 Å². The van der Waals surface area contributed by atoms with E-state index in [0.29, 0.717) is 36.4 Å². The zero-order chi connectivity index (χ0) is 20.1. The average Bonchev–Trinajstić information content (AvgIpc) is 3.17. The van der Waals surface area contributed by atoms with Gasteiger partial charge in [0, 0.05) is 24.8 Å². The first-order valence-electron chi connectivity index (χ1n) is 8.81. The van der Waals surface area contributed by atoms with Crippen LogP contribution in [0.5, 0.6) is 5.75 Å². The van der Waals surface area contributed by atoms with Gasteiger partial charge >= 0.3 is 0 Å². The highest BCUT2D eigenvalue weighted by atomic mass is 32.2. The van der Waals surface area contributed by atoms with Gasteiger partial charge in [0.15, 0.2) is 0 Å². The molecule has 8 heteroatoms. The summed E-state index contributed by atoms with van der Waals surface area (Å²) in [6, 6.07) is 14.4. The van der Waals surface area contributed by atoms with E-state index in [4.69, 9.17) is 4.74 Å². The highest BCUT2D eigenvalue weighted by Crippen LogP contribution is 2.20. The quantitative estimate of drug-likeness (QED) is 0.625. The number of H-pyrrole nitrogens is 1. The molecule has 1 heterocycles. The van der Waals surface area contributed by atoms with Crippen molar-refractivity contribution in [3.8, 4) is 17.0 Å². The van der Waals surface area contributed by atoms with Crippen molar-refractivity contribution in [3.63, 3.8) is 0 Å². The number of aromatic nitrogens is 2. The fraction of sp³-hybridized carbons (Fsp3) is 0.250. The molecule has 1 N–H and O–H groups in total. The maximum Gasteiger partial charge on any atom is 0.242 e. The number of aromatic amines is 1. The van der Waals surface area contributed by atoms with Crippen molar-refractivity contribution in [1.82, 2.24) is 14.5 Å². The number of halogens is 1. The van der Waals surface area contributed by atoms with E-state index in [9.17, 15) is 12.8 Å². The lowest BCUT2D eigenvalue weighted by Crippen LogP contribution is -2.28. The summed E-state index contributed by atoms with van der Waals surface area (Å²) in [5, 5.41) is 7.13. The largest absolute Gasteiger partial charge is 0.497 e. The summed E-state index contributed by atoms with van der Waals surface area (Å²) in [5.74, 6) is 0.294. The molecule has 0 bridgehead atoms. The van der Waals surface area contributed by atoms with Crippen LogP contribution in [0.15, 0.2) is 59.5 Å². The highest BCUT2D eigenvalue weighted by Gasteiger charge is 2.20. The van der Waals surface area contributed by atoms with E-state index in [1.54, 1.807) is 31.3 Å². The third-order valence-electron chi connectivity index (χ3n) is 4.44. The van der Waals surface area contributed by atoms with Crippen LogP contribution >= 0.6 is 0 Å². The Morgan fingerprint density at radius 2 is 1.89 bits per heavy atom. The summed E-state index contributed by atoms with van der Waals surface area (Å²) in [5.41, 5.74) is 2.23. The number of methoxy groups -OCH3 is 1. The van der Waals surface area contributed by atoms with E-state index < -0.39 is 10.0 Å². The molecule has 148 valence electrons. The van der Waals surface area contributed by atoms with Gasteiger partial charge in [0.2, 0.25) is 10.0 Å². The van der Waals surface area contributed by atoms with Gasteiger partial charge in [0.25, 0.3) is 0 Å². The van der Waals surface area contributed by atoms with Crippen molar-refractivity contribution < 1.29 is 17.5 Å². The second-order valence-electron chi connectivity index (χ2n) is 6.39. The number of nitrogens with zero attached hydrogens (tertiary/aromatic N) is 2. The molecule has 3 aromatic rings. The summed E-state index contributed by atoms with van der Waals surface area (Å²) >= 11 is 0. The van der Waals surface area contributed by atoms with Gasteiger partial charge in [-0.3, -0.25) is 5.10 Å². The number of aryl methyl sites for hydroxylation is 1. The first kappa shape index (κ1) is 20.0. The molecule has 0 saturated carbocycles. The Hall–Kier alpha value is -2.71. The van der Waals surface area contributed by atoms with Crippen molar-refractivity contribution >= 4 is 10.0 Å². The number of hydrogen-bond donors (Lipinski definition) is 1. The lowest BCUT2D eigenvalue weighted by molar-refractivity contribution is 0.414. The minimum absolute atomic E-state index is 0.228. The van der Waals surface area contributed by atoms with Crippen LogP contribution in [0.2, 0.25) is 0 Å². The number of hydrogen-bond acceptors (Lipinski definition) is 4. The van der Waals surface area contributed by atoms with Crippen LogP contribution in [-0.2, 0) is 16.4 Å². The van der Waals surface area contributed by atoms with Crippen molar-refractivity contribution in [2.45, 2.75) is 17.7 Å². The van der Waals surface area contributed by atoms with E-state index in [-0.39, 0.29) is 10.7 Å². The molecule has 2 aromatic carbocycles. The Labute approximate surface area is 164 Å². The third-order valence-corrected chi connectivity index (χ3v) is 6.31. The van der Waals surface area contributed by atoms with Crippen molar-refractivity contribution in [3.05, 3.63) is 66.1 Å². The molecule has 6 nitrogen and oxygen atoms in total. The predicted octanol–water partition coefficient (Wildman–Crippen LogP) is 3.48. The fourth-order valence-electron chi connectivity index (χ4n) is 2.83. The summed E-state index contributed by atoms with van der Waals surface area (Å²) in [4.78, 5) is 0.228. The van der Waals surface area contributed by atoms with Crippen LogP contribution < -0.4 is 4.74 Å². The van der Waals surface area contributed by atoms with E-state index in [1.165, 1.54) is 35.7 Å². The van der Waals surface area contributed by atoms with Gasteiger partial charge in [-0.05, 0) is 55.3 Å². The van der Waals surface area contributed by atoms with Crippen LogP contribution in [0, 0.1) is 5.82 Å². The van der Waals surface area contributed by atoms with Crippen LogP contribution in [-0.4, -0.2) is 43.6 Å². The fourth-order valence-corrected chi connectivity index (χ4v) is 4.03. The number of sulfonamides is 1. The Morgan fingerprint density at radius 1 is 1.14 bits per heavy atom. The molecule has 0 unspecified atom stereocenters. The van der Waals surface area contributed by atoms with Gasteiger partial charge in [-0.1, -0.05) is 12.1 Å². The number of rotatable bonds is 8. The molecule has 0 spiro atoms. The number of benzene rings is 2. The zero-order valence-corrected chi connectivity index (χ0v) is 16.5. The van der Waals surface area contributed by atoms with Gasteiger partial charge < -0.3 is 4.74 Å². The van der Waals surface area contributed by atoms with Gasteiger partial charge in [-0.25, -0.2) is 17.1 Å². The van der Waals surface area contributed by atoms with Gasteiger partial charge in [-0.15, -0.1) is 0 Å². The van der Waals surface area contributed by atoms with Crippen molar-refractivity contribution in [1.29, 1.82) is 0 Å².